The molecule has 0 radical (unpaired) electrons. The summed E-state index contributed by atoms with van der Waals surface area (Å²) in [5, 5.41) is 0. The summed E-state index contributed by atoms with van der Waals surface area (Å²) in [7, 11) is 0. The lowest BCUT2D eigenvalue weighted by Gasteiger charge is -2.22. The highest BCUT2D eigenvalue weighted by atomic mass is 14.2. The van der Waals surface area contributed by atoms with Crippen LogP contribution in [0.3, 0.4) is 0 Å². The number of hydrogen-bond acceptors (Lipinski definition) is 0. The van der Waals surface area contributed by atoms with E-state index < -0.39 is 0 Å². The molecule has 0 saturated carbocycles. The molecule has 0 nitrogen and oxygen atoms in total. The smallest absolute Gasteiger partial charge is 0.0248 e. The average Bonchev–Trinajstić information content (AvgIpc) is 2.07. The van der Waals surface area contributed by atoms with E-state index in [1.807, 2.05) is 0 Å². The topological polar surface area (TPSA) is 0 Å². The van der Waals surface area contributed by atoms with Crippen LogP contribution in [-0.2, 0) is 12.8 Å². The molecule has 1 aromatic rings. The van der Waals surface area contributed by atoms with Gasteiger partial charge in [0.1, 0.15) is 0 Å². The highest BCUT2D eigenvalue weighted by Gasteiger charge is 2.15. The summed E-state index contributed by atoms with van der Waals surface area (Å²) in [6, 6.07) is 6.70. The van der Waals surface area contributed by atoms with Gasteiger partial charge in [0.05, 0.1) is 0 Å². The summed E-state index contributed by atoms with van der Waals surface area (Å²) in [5.41, 5.74) is 4.70. The van der Waals surface area contributed by atoms with Crippen LogP contribution in [0.15, 0.2) is 18.2 Å². The minimum absolute atomic E-state index is 0.888. The fourth-order valence-corrected chi connectivity index (χ4v) is 2.14. The standard InChI is InChI=1S/C12H16/c1-9-6-7-11-5-3-4-10(2)12(11)8-9/h3-5,9H,6-8H2,1-2H3. The maximum Gasteiger partial charge on any atom is -0.0248 e. The van der Waals surface area contributed by atoms with Crippen molar-refractivity contribution in [3.63, 3.8) is 0 Å². The first kappa shape index (κ1) is 7.85. The minimum Gasteiger partial charge on any atom is -0.0622 e. The molecule has 2 rings (SSSR count). The summed E-state index contributed by atoms with van der Waals surface area (Å²) < 4.78 is 0. The van der Waals surface area contributed by atoms with E-state index in [0.717, 1.165) is 5.92 Å². The number of aryl methyl sites for hydroxylation is 2. The van der Waals surface area contributed by atoms with Gasteiger partial charge in [-0.3, -0.25) is 0 Å². The predicted octanol–water partition coefficient (Wildman–Crippen LogP) is 3.12. The third-order valence-electron chi connectivity index (χ3n) is 2.97. The molecule has 0 heteroatoms. The normalized spacial score (nSPS) is 22.0. The van der Waals surface area contributed by atoms with Crippen molar-refractivity contribution < 1.29 is 0 Å². The number of hydrogen-bond donors (Lipinski definition) is 0. The van der Waals surface area contributed by atoms with Crippen molar-refractivity contribution in [3.05, 3.63) is 34.9 Å². The fraction of sp³-hybridized carbons (Fsp3) is 0.500. The lowest BCUT2D eigenvalue weighted by Crippen LogP contribution is -2.12. The van der Waals surface area contributed by atoms with E-state index in [4.69, 9.17) is 0 Å². The van der Waals surface area contributed by atoms with E-state index in [1.54, 1.807) is 11.1 Å². The van der Waals surface area contributed by atoms with Crippen LogP contribution in [0.25, 0.3) is 0 Å². The average molecular weight is 160 g/mol. The zero-order valence-electron chi connectivity index (χ0n) is 7.93. The summed E-state index contributed by atoms with van der Waals surface area (Å²) >= 11 is 0. The molecule has 64 valence electrons. The number of rotatable bonds is 0. The molecular weight excluding hydrogens is 144 g/mol. The van der Waals surface area contributed by atoms with E-state index in [-0.39, 0.29) is 0 Å². The van der Waals surface area contributed by atoms with E-state index in [0.29, 0.717) is 0 Å². The Morgan fingerprint density at radius 1 is 1.33 bits per heavy atom. The first-order valence-corrected chi connectivity index (χ1v) is 4.84. The Morgan fingerprint density at radius 3 is 3.00 bits per heavy atom. The predicted molar refractivity (Wildman–Crippen MR) is 52.4 cm³/mol. The van der Waals surface area contributed by atoms with Crippen LogP contribution >= 0.6 is 0 Å². The first-order valence-electron chi connectivity index (χ1n) is 4.84. The Labute approximate surface area is 74.6 Å². The molecule has 0 amide bonds. The third-order valence-corrected chi connectivity index (χ3v) is 2.97. The lowest BCUT2D eigenvalue weighted by atomic mass is 9.83. The zero-order valence-corrected chi connectivity index (χ0v) is 7.93. The Bertz CT molecular complexity index is 286. The van der Waals surface area contributed by atoms with Crippen LogP contribution in [0.4, 0.5) is 0 Å². The highest BCUT2D eigenvalue weighted by molar-refractivity contribution is 5.36. The van der Waals surface area contributed by atoms with Crippen molar-refractivity contribution in [1.82, 2.24) is 0 Å². The summed E-state index contributed by atoms with van der Waals surface area (Å²) in [6.07, 6.45) is 3.96. The van der Waals surface area contributed by atoms with Crippen LogP contribution in [0.5, 0.6) is 0 Å². The Balaban J connectivity index is 2.43. The second-order valence-corrected chi connectivity index (χ2v) is 4.06. The van der Waals surface area contributed by atoms with Crippen LogP contribution in [0, 0.1) is 12.8 Å². The molecule has 12 heavy (non-hydrogen) atoms. The fourth-order valence-electron chi connectivity index (χ4n) is 2.14. The van der Waals surface area contributed by atoms with Gasteiger partial charge < -0.3 is 0 Å². The van der Waals surface area contributed by atoms with Gasteiger partial charge in [-0.05, 0) is 48.8 Å². The molecule has 0 bridgehead atoms. The van der Waals surface area contributed by atoms with Gasteiger partial charge in [0.25, 0.3) is 0 Å². The maximum atomic E-state index is 2.36. The lowest BCUT2D eigenvalue weighted by molar-refractivity contribution is 0.499. The molecule has 1 unspecified atom stereocenters. The van der Waals surface area contributed by atoms with Crippen molar-refractivity contribution in [2.75, 3.05) is 0 Å². The quantitative estimate of drug-likeness (QED) is 0.547. The maximum absolute atomic E-state index is 2.36. The molecule has 0 aromatic heterocycles. The highest BCUT2D eigenvalue weighted by Crippen LogP contribution is 2.27. The Kier molecular flexibility index (Phi) is 1.92. The van der Waals surface area contributed by atoms with Gasteiger partial charge in [-0.1, -0.05) is 25.1 Å². The largest absolute Gasteiger partial charge is 0.0622 e. The van der Waals surface area contributed by atoms with Crippen molar-refractivity contribution in [1.29, 1.82) is 0 Å². The SMILES string of the molecule is Cc1cccc2c1CC(C)CC2. The third kappa shape index (κ3) is 1.26. The summed E-state index contributed by atoms with van der Waals surface area (Å²) in [4.78, 5) is 0. The number of benzene rings is 1. The second-order valence-electron chi connectivity index (χ2n) is 4.06. The zero-order chi connectivity index (χ0) is 8.55. The van der Waals surface area contributed by atoms with E-state index in [9.17, 15) is 0 Å². The summed E-state index contributed by atoms with van der Waals surface area (Å²) in [6.45, 7) is 4.59. The van der Waals surface area contributed by atoms with Crippen LogP contribution in [-0.4, -0.2) is 0 Å². The monoisotopic (exact) mass is 160 g/mol. The van der Waals surface area contributed by atoms with Crippen molar-refractivity contribution >= 4 is 0 Å². The van der Waals surface area contributed by atoms with Crippen molar-refractivity contribution in [2.24, 2.45) is 5.92 Å². The van der Waals surface area contributed by atoms with Crippen LogP contribution < -0.4 is 0 Å². The van der Waals surface area contributed by atoms with Gasteiger partial charge >= 0.3 is 0 Å². The Hall–Kier alpha value is -0.780. The minimum atomic E-state index is 0.888. The molecule has 1 aromatic carbocycles. The Morgan fingerprint density at radius 2 is 2.17 bits per heavy atom. The molecule has 1 aliphatic rings. The van der Waals surface area contributed by atoms with Gasteiger partial charge in [-0.15, -0.1) is 0 Å². The van der Waals surface area contributed by atoms with E-state index in [2.05, 4.69) is 32.0 Å². The van der Waals surface area contributed by atoms with Gasteiger partial charge in [0, 0.05) is 0 Å². The van der Waals surface area contributed by atoms with Crippen molar-refractivity contribution in [2.45, 2.75) is 33.1 Å². The van der Waals surface area contributed by atoms with Gasteiger partial charge in [-0.25, -0.2) is 0 Å². The molecule has 0 fully saturated rings. The molecular formula is C12H16. The summed E-state index contributed by atoms with van der Waals surface area (Å²) in [5.74, 6) is 0.888. The van der Waals surface area contributed by atoms with Gasteiger partial charge in [-0.2, -0.15) is 0 Å². The molecule has 0 saturated heterocycles. The molecule has 0 N–H and O–H groups in total. The van der Waals surface area contributed by atoms with Crippen LogP contribution in [0.1, 0.15) is 30.0 Å². The molecule has 1 atom stereocenters. The van der Waals surface area contributed by atoms with E-state index in [1.165, 1.54) is 24.8 Å². The number of fused-ring (bicyclic) bond motifs is 1. The molecule has 0 aliphatic heterocycles. The first-order chi connectivity index (χ1) is 5.77. The van der Waals surface area contributed by atoms with Crippen LogP contribution in [0.2, 0.25) is 0 Å². The van der Waals surface area contributed by atoms with Crippen molar-refractivity contribution in [3.8, 4) is 0 Å². The molecule has 0 heterocycles. The molecule has 1 aliphatic carbocycles. The molecule has 0 spiro atoms. The van der Waals surface area contributed by atoms with Gasteiger partial charge in [0.2, 0.25) is 0 Å². The second kappa shape index (κ2) is 2.93. The van der Waals surface area contributed by atoms with Gasteiger partial charge in [0.15, 0.2) is 0 Å². The van der Waals surface area contributed by atoms with E-state index >= 15 is 0 Å².